The van der Waals surface area contributed by atoms with Crippen molar-refractivity contribution in [3.05, 3.63) is 29.8 Å². The molecule has 20 heavy (non-hydrogen) atoms. The number of benzene rings is 1. The summed E-state index contributed by atoms with van der Waals surface area (Å²) in [5.41, 5.74) is -0.0559. The van der Waals surface area contributed by atoms with Gasteiger partial charge in [0.2, 0.25) is 5.91 Å². The van der Waals surface area contributed by atoms with Gasteiger partial charge in [0.05, 0.1) is 18.0 Å². The van der Waals surface area contributed by atoms with E-state index in [1.165, 1.54) is 18.2 Å². The zero-order valence-corrected chi connectivity index (χ0v) is 11.0. The van der Waals surface area contributed by atoms with E-state index in [2.05, 4.69) is 11.4 Å². The number of rotatable bonds is 3. The topological polar surface area (TPSA) is 56.1 Å². The Hall–Kier alpha value is -2.00. The van der Waals surface area contributed by atoms with Crippen molar-refractivity contribution in [2.75, 3.05) is 18.9 Å². The maximum absolute atomic E-state index is 12.8. The number of likely N-dealkylation sites (tertiary alicyclic amines) is 1. The van der Waals surface area contributed by atoms with Gasteiger partial charge in [-0.25, -0.2) is 8.78 Å². The number of para-hydroxylation sites is 1. The Kier molecular flexibility index (Phi) is 4.30. The monoisotopic (exact) mass is 279 g/mol. The van der Waals surface area contributed by atoms with Gasteiger partial charge < -0.3 is 5.32 Å². The first-order valence-corrected chi connectivity index (χ1v) is 6.30. The molecular formula is C14H15F2N3O. The van der Waals surface area contributed by atoms with Crippen LogP contribution < -0.4 is 5.32 Å². The number of carbonyl (C=O) groups is 1. The third-order valence-electron chi connectivity index (χ3n) is 3.52. The maximum Gasteiger partial charge on any atom is 0.265 e. The first kappa shape index (κ1) is 14.4. The van der Waals surface area contributed by atoms with Crippen LogP contribution in [0.3, 0.4) is 0 Å². The summed E-state index contributed by atoms with van der Waals surface area (Å²) in [6.45, 7) is 0.459. The number of nitrogens with zero attached hydrogens (tertiary/aromatic N) is 2. The summed E-state index contributed by atoms with van der Waals surface area (Å²) in [7, 11) is 1.77. The van der Waals surface area contributed by atoms with Crippen molar-refractivity contribution in [2.45, 2.75) is 18.9 Å². The minimum absolute atomic E-state index is 0.135. The fourth-order valence-corrected chi connectivity index (χ4v) is 2.38. The van der Waals surface area contributed by atoms with Crippen LogP contribution in [0.1, 0.15) is 18.4 Å². The zero-order chi connectivity index (χ0) is 14.7. The van der Waals surface area contributed by atoms with Crippen LogP contribution in [0.4, 0.5) is 14.5 Å². The molecule has 1 aromatic rings. The van der Waals surface area contributed by atoms with Gasteiger partial charge in [-0.2, -0.15) is 5.26 Å². The fraction of sp³-hybridized carbons (Fsp3) is 0.429. The molecule has 1 aliphatic rings. The van der Waals surface area contributed by atoms with Crippen LogP contribution in [0.5, 0.6) is 0 Å². The average molecular weight is 279 g/mol. The second-order valence-corrected chi connectivity index (χ2v) is 4.89. The van der Waals surface area contributed by atoms with Crippen molar-refractivity contribution >= 4 is 11.6 Å². The van der Waals surface area contributed by atoms with Crippen LogP contribution in [-0.2, 0) is 4.79 Å². The number of halogens is 2. The Balaban J connectivity index is 2.08. The molecule has 2 rings (SSSR count). The normalized spacial score (nSPS) is 22.8. The van der Waals surface area contributed by atoms with E-state index >= 15 is 0 Å². The molecule has 0 spiro atoms. The van der Waals surface area contributed by atoms with Crippen LogP contribution in [0.25, 0.3) is 0 Å². The number of nitriles is 1. The summed E-state index contributed by atoms with van der Waals surface area (Å²) in [5, 5.41) is 11.5. The van der Waals surface area contributed by atoms with E-state index in [0.29, 0.717) is 13.0 Å². The predicted octanol–water partition coefficient (Wildman–Crippen LogP) is 2.41. The van der Waals surface area contributed by atoms with Gasteiger partial charge in [0, 0.05) is 17.8 Å². The summed E-state index contributed by atoms with van der Waals surface area (Å²) in [6, 6.07) is 7.68. The Morgan fingerprint density at radius 3 is 2.80 bits per heavy atom. The van der Waals surface area contributed by atoms with Gasteiger partial charge in [-0.1, -0.05) is 18.2 Å². The van der Waals surface area contributed by atoms with E-state index in [1.54, 1.807) is 18.0 Å². The molecule has 106 valence electrons. The molecular weight excluding hydrogens is 264 g/mol. The van der Waals surface area contributed by atoms with E-state index in [0.717, 1.165) is 0 Å². The van der Waals surface area contributed by atoms with Gasteiger partial charge >= 0.3 is 0 Å². The lowest BCUT2D eigenvalue weighted by molar-refractivity contribution is -0.119. The summed E-state index contributed by atoms with van der Waals surface area (Å²) < 4.78 is 25.7. The number of anilines is 1. The number of nitrogens with one attached hydrogen (secondary N) is 1. The second-order valence-electron chi connectivity index (χ2n) is 4.89. The lowest BCUT2D eigenvalue weighted by atomic mass is 10.0. The molecule has 1 saturated heterocycles. The van der Waals surface area contributed by atoms with Crippen molar-refractivity contribution in [1.82, 2.24) is 4.90 Å². The molecule has 1 N–H and O–H groups in total. The maximum atomic E-state index is 12.8. The summed E-state index contributed by atoms with van der Waals surface area (Å²) in [5.74, 6) is -0.668. The van der Waals surface area contributed by atoms with Crippen LogP contribution in [-0.4, -0.2) is 30.4 Å². The second kappa shape index (κ2) is 5.97. The lowest BCUT2D eigenvalue weighted by Gasteiger charge is -2.14. The Morgan fingerprint density at radius 1 is 1.50 bits per heavy atom. The van der Waals surface area contributed by atoms with Crippen molar-refractivity contribution in [3.63, 3.8) is 0 Å². The molecule has 0 aliphatic carbocycles. The number of hydrogen-bond acceptors (Lipinski definition) is 3. The fourth-order valence-electron chi connectivity index (χ4n) is 2.38. The zero-order valence-electron chi connectivity index (χ0n) is 11.0. The van der Waals surface area contributed by atoms with Gasteiger partial charge in [-0.3, -0.25) is 9.69 Å². The third-order valence-corrected chi connectivity index (χ3v) is 3.52. The van der Waals surface area contributed by atoms with Crippen LogP contribution in [0.2, 0.25) is 0 Å². The highest BCUT2D eigenvalue weighted by Gasteiger charge is 2.34. The molecule has 1 fully saturated rings. The average Bonchev–Trinajstić information content (AvgIpc) is 2.80. The molecule has 4 nitrogen and oxygen atoms in total. The molecule has 6 heteroatoms. The van der Waals surface area contributed by atoms with E-state index in [-0.39, 0.29) is 29.1 Å². The van der Waals surface area contributed by atoms with Crippen LogP contribution in [0, 0.1) is 17.2 Å². The van der Waals surface area contributed by atoms with Gasteiger partial charge in [-0.05, 0) is 19.5 Å². The molecule has 1 amide bonds. The van der Waals surface area contributed by atoms with Crippen molar-refractivity contribution < 1.29 is 13.6 Å². The molecule has 2 atom stereocenters. The SMILES string of the molecule is CN1CC(C(=O)Nc2ccccc2C(F)F)CC1C#N. The number of alkyl halides is 2. The number of carbonyl (C=O) groups excluding carboxylic acids is 1. The van der Waals surface area contributed by atoms with Crippen molar-refractivity contribution in [2.24, 2.45) is 5.92 Å². The van der Waals surface area contributed by atoms with Gasteiger partial charge in [0.1, 0.15) is 0 Å². The molecule has 2 unspecified atom stereocenters. The Labute approximate surface area is 116 Å². The first-order valence-electron chi connectivity index (χ1n) is 6.30. The molecule has 0 bridgehead atoms. The Morgan fingerprint density at radius 2 is 2.20 bits per heavy atom. The molecule has 0 radical (unpaired) electrons. The first-order chi connectivity index (χ1) is 9.52. The van der Waals surface area contributed by atoms with E-state index in [4.69, 9.17) is 5.26 Å². The Bertz CT molecular complexity index is 541. The van der Waals surface area contributed by atoms with E-state index < -0.39 is 6.43 Å². The van der Waals surface area contributed by atoms with Gasteiger partial charge in [-0.15, -0.1) is 0 Å². The quantitative estimate of drug-likeness (QED) is 0.924. The number of amides is 1. The molecule has 1 heterocycles. The highest BCUT2D eigenvalue weighted by Crippen LogP contribution is 2.28. The lowest BCUT2D eigenvalue weighted by Crippen LogP contribution is -2.26. The standard InChI is InChI=1S/C14H15F2N3O/c1-19-8-9(6-10(19)7-17)14(20)18-12-5-3-2-4-11(12)13(15)16/h2-5,9-10,13H,6,8H2,1H3,(H,18,20). The summed E-state index contributed by atoms with van der Waals surface area (Å²) >= 11 is 0. The number of hydrogen-bond donors (Lipinski definition) is 1. The molecule has 0 saturated carbocycles. The minimum Gasteiger partial charge on any atom is -0.325 e. The highest BCUT2D eigenvalue weighted by atomic mass is 19.3. The summed E-state index contributed by atoms with van der Waals surface area (Å²) in [6.07, 6.45) is -2.21. The van der Waals surface area contributed by atoms with Gasteiger partial charge in [0.25, 0.3) is 6.43 Å². The van der Waals surface area contributed by atoms with Crippen LogP contribution in [0.15, 0.2) is 24.3 Å². The molecule has 1 aliphatic heterocycles. The minimum atomic E-state index is -2.63. The van der Waals surface area contributed by atoms with Crippen LogP contribution >= 0.6 is 0 Å². The molecule has 0 aromatic heterocycles. The smallest absolute Gasteiger partial charge is 0.265 e. The molecule has 1 aromatic carbocycles. The van der Waals surface area contributed by atoms with E-state index in [9.17, 15) is 13.6 Å². The highest BCUT2D eigenvalue weighted by molar-refractivity contribution is 5.93. The van der Waals surface area contributed by atoms with Gasteiger partial charge in [0.15, 0.2) is 0 Å². The summed E-state index contributed by atoms with van der Waals surface area (Å²) in [4.78, 5) is 13.9. The predicted molar refractivity (Wildman–Crippen MR) is 70.2 cm³/mol. The largest absolute Gasteiger partial charge is 0.325 e. The third kappa shape index (κ3) is 2.94. The van der Waals surface area contributed by atoms with E-state index in [1.807, 2.05) is 0 Å². The van der Waals surface area contributed by atoms with Crippen molar-refractivity contribution in [3.8, 4) is 6.07 Å². The van der Waals surface area contributed by atoms with Crippen molar-refractivity contribution in [1.29, 1.82) is 5.26 Å².